The van der Waals surface area contributed by atoms with Crippen LogP contribution in [0.25, 0.3) is 10.8 Å². The maximum atomic E-state index is 12.3. The third kappa shape index (κ3) is 6.02. The maximum absolute atomic E-state index is 12.3. The minimum atomic E-state index is -1.01. The number of nitrogens with one attached hydrogen (secondary N) is 2. The quantitative estimate of drug-likeness (QED) is 0.572. The molecule has 1 heterocycles. The predicted octanol–water partition coefficient (Wildman–Crippen LogP) is 1.93. The highest BCUT2D eigenvalue weighted by Crippen LogP contribution is 2.19. The Morgan fingerprint density at radius 1 is 1.11 bits per heavy atom. The number of carbonyl (C=O) groups excluding carboxylic acids is 1. The second kappa shape index (κ2) is 10.2. The lowest BCUT2D eigenvalue weighted by molar-refractivity contribution is -0.141. The number of carboxylic acid groups (broad SMARTS) is 1. The molecule has 1 amide bonds. The van der Waals surface area contributed by atoms with E-state index in [0.717, 1.165) is 50.0 Å². The molecule has 1 saturated heterocycles. The Hall–Kier alpha value is -2.48. The summed E-state index contributed by atoms with van der Waals surface area (Å²) in [4.78, 5) is 26.1. The molecule has 0 radical (unpaired) electrons. The van der Waals surface area contributed by atoms with Crippen LogP contribution in [0.5, 0.6) is 0 Å². The molecule has 7 nitrogen and oxygen atoms in total. The molecule has 0 aromatic heterocycles. The van der Waals surface area contributed by atoms with Crippen molar-refractivity contribution in [3.8, 4) is 0 Å². The summed E-state index contributed by atoms with van der Waals surface area (Å²) in [6, 6.07) is 12.6. The van der Waals surface area contributed by atoms with Gasteiger partial charge in [0.25, 0.3) is 0 Å². The molecule has 1 aliphatic rings. The Morgan fingerprint density at radius 2 is 1.86 bits per heavy atom. The first-order chi connectivity index (χ1) is 13.6. The van der Waals surface area contributed by atoms with E-state index in [1.165, 1.54) is 0 Å². The van der Waals surface area contributed by atoms with Crippen LogP contribution < -0.4 is 10.6 Å². The third-order valence-corrected chi connectivity index (χ3v) is 4.87. The van der Waals surface area contributed by atoms with E-state index in [1.807, 2.05) is 42.5 Å². The van der Waals surface area contributed by atoms with Crippen molar-refractivity contribution in [1.29, 1.82) is 0 Å². The normalized spacial score (nSPS) is 16.0. The molecule has 3 rings (SSSR count). The van der Waals surface area contributed by atoms with Gasteiger partial charge in [-0.2, -0.15) is 0 Å². The number of ether oxygens (including phenoxy) is 1. The van der Waals surface area contributed by atoms with Crippen molar-refractivity contribution in [2.75, 3.05) is 44.7 Å². The van der Waals surface area contributed by atoms with Crippen LogP contribution in [0, 0.1) is 0 Å². The Morgan fingerprint density at radius 3 is 2.61 bits per heavy atom. The van der Waals surface area contributed by atoms with E-state index in [1.54, 1.807) is 0 Å². The first kappa shape index (κ1) is 20.3. The van der Waals surface area contributed by atoms with Gasteiger partial charge in [0.2, 0.25) is 5.91 Å². The summed E-state index contributed by atoms with van der Waals surface area (Å²) in [7, 11) is 0. The molecule has 1 atom stereocenters. The van der Waals surface area contributed by atoms with Gasteiger partial charge in [-0.25, -0.2) is 0 Å². The fraction of sp³-hybridized carbons (Fsp3) is 0.429. The largest absolute Gasteiger partial charge is 0.480 e. The lowest BCUT2D eigenvalue weighted by Gasteiger charge is -2.26. The van der Waals surface area contributed by atoms with Crippen molar-refractivity contribution in [1.82, 2.24) is 10.2 Å². The smallest absolute Gasteiger partial charge is 0.321 e. The summed E-state index contributed by atoms with van der Waals surface area (Å²) < 4.78 is 5.31. The first-order valence-electron chi connectivity index (χ1n) is 9.67. The molecule has 1 aliphatic heterocycles. The van der Waals surface area contributed by atoms with Gasteiger partial charge in [0.1, 0.15) is 6.04 Å². The summed E-state index contributed by atoms with van der Waals surface area (Å²) in [5.41, 5.74) is 0.667. The number of morpholine rings is 1. The molecule has 0 bridgehead atoms. The van der Waals surface area contributed by atoms with E-state index in [0.29, 0.717) is 12.2 Å². The van der Waals surface area contributed by atoms with Gasteiger partial charge in [-0.3, -0.25) is 14.5 Å². The highest BCUT2D eigenvalue weighted by Gasteiger charge is 2.21. The summed E-state index contributed by atoms with van der Waals surface area (Å²) in [6.07, 6.45) is 0.718. The number of fused-ring (bicyclic) bond motifs is 1. The zero-order chi connectivity index (χ0) is 19.8. The number of anilines is 1. The van der Waals surface area contributed by atoms with Crippen LogP contribution in [0.2, 0.25) is 0 Å². The molecule has 0 saturated carbocycles. The van der Waals surface area contributed by atoms with Gasteiger partial charge < -0.3 is 20.5 Å². The summed E-state index contributed by atoms with van der Waals surface area (Å²) in [6.45, 7) is 4.77. The van der Waals surface area contributed by atoms with E-state index in [9.17, 15) is 14.7 Å². The van der Waals surface area contributed by atoms with Crippen molar-refractivity contribution in [3.63, 3.8) is 0 Å². The monoisotopic (exact) mass is 385 g/mol. The van der Waals surface area contributed by atoms with Crippen molar-refractivity contribution < 1.29 is 19.4 Å². The van der Waals surface area contributed by atoms with Gasteiger partial charge in [0.05, 0.1) is 19.6 Å². The van der Waals surface area contributed by atoms with Crippen molar-refractivity contribution >= 4 is 28.3 Å². The van der Waals surface area contributed by atoms with Gasteiger partial charge in [0.15, 0.2) is 0 Å². The Labute approximate surface area is 164 Å². The number of aliphatic carboxylic acids is 1. The zero-order valence-corrected chi connectivity index (χ0v) is 15.9. The van der Waals surface area contributed by atoms with E-state index in [2.05, 4.69) is 15.5 Å². The van der Waals surface area contributed by atoms with Crippen LogP contribution in [0.15, 0.2) is 42.5 Å². The molecule has 1 fully saturated rings. The van der Waals surface area contributed by atoms with Gasteiger partial charge in [0, 0.05) is 18.8 Å². The highest BCUT2D eigenvalue weighted by atomic mass is 16.5. The van der Waals surface area contributed by atoms with E-state index < -0.39 is 12.0 Å². The summed E-state index contributed by atoms with van der Waals surface area (Å²) in [5.74, 6) is -1.33. The van der Waals surface area contributed by atoms with Gasteiger partial charge in [-0.1, -0.05) is 30.3 Å². The molecular formula is C21H27N3O4. The van der Waals surface area contributed by atoms with Gasteiger partial charge >= 0.3 is 5.97 Å². The van der Waals surface area contributed by atoms with Crippen LogP contribution >= 0.6 is 0 Å². The number of carboxylic acids is 1. The maximum Gasteiger partial charge on any atom is 0.321 e. The fourth-order valence-corrected chi connectivity index (χ4v) is 3.32. The average Bonchev–Trinajstić information content (AvgIpc) is 2.70. The Kier molecular flexibility index (Phi) is 7.36. The number of nitrogens with zero attached hydrogens (tertiary/aromatic N) is 1. The van der Waals surface area contributed by atoms with Crippen molar-refractivity contribution in [3.05, 3.63) is 42.5 Å². The molecule has 0 spiro atoms. The summed E-state index contributed by atoms with van der Waals surface area (Å²) in [5, 5.41) is 17.3. The molecule has 150 valence electrons. The van der Waals surface area contributed by atoms with Crippen LogP contribution in [-0.4, -0.2) is 67.3 Å². The lowest BCUT2D eigenvalue weighted by atomic mass is 10.1. The van der Waals surface area contributed by atoms with E-state index >= 15 is 0 Å². The molecule has 2 aromatic carbocycles. The fourth-order valence-electron chi connectivity index (χ4n) is 3.32. The Bertz CT molecular complexity index is 805. The topological polar surface area (TPSA) is 90.9 Å². The lowest BCUT2D eigenvalue weighted by Crippen LogP contribution is -2.42. The standard InChI is InChI=1S/C21H27N3O4/c25-20(23-18-7-6-16-4-1-2-5-17(16)14-18)15-19(21(26)27)22-8-3-9-24-10-12-28-13-11-24/h1-2,4-7,14,19,22H,3,8-13,15H2,(H,23,25)(H,26,27)/t19-/m1/s1. The number of carbonyl (C=O) groups is 2. The number of amides is 1. The average molecular weight is 385 g/mol. The molecule has 2 aromatic rings. The van der Waals surface area contributed by atoms with E-state index in [4.69, 9.17) is 4.74 Å². The van der Waals surface area contributed by atoms with Crippen LogP contribution in [0.4, 0.5) is 5.69 Å². The highest BCUT2D eigenvalue weighted by molar-refractivity contribution is 5.96. The second-order valence-corrected chi connectivity index (χ2v) is 6.97. The number of hydrogen-bond acceptors (Lipinski definition) is 5. The van der Waals surface area contributed by atoms with Crippen LogP contribution in [0.3, 0.4) is 0 Å². The van der Waals surface area contributed by atoms with Crippen LogP contribution in [-0.2, 0) is 14.3 Å². The minimum absolute atomic E-state index is 0.111. The number of rotatable bonds is 9. The van der Waals surface area contributed by atoms with E-state index in [-0.39, 0.29) is 12.3 Å². The minimum Gasteiger partial charge on any atom is -0.480 e. The van der Waals surface area contributed by atoms with Crippen molar-refractivity contribution in [2.45, 2.75) is 18.9 Å². The van der Waals surface area contributed by atoms with Crippen molar-refractivity contribution in [2.24, 2.45) is 0 Å². The first-order valence-corrected chi connectivity index (χ1v) is 9.67. The molecule has 7 heteroatoms. The third-order valence-electron chi connectivity index (χ3n) is 4.87. The van der Waals surface area contributed by atoms with Crippen LogP contribution in [0.1, 0.15) is 12.8 Å². The second-order valence-electron chi connectivity index (χ2n) is 6.97. The molecule has 0 aliphatic carbocycles. The predicted molar refractivity (Wildman–Crippen MR) is 108 cm³/mol. The zero-order valence-electron chi connectivity index (χ0n) is 15.9. The molecular weight excluding hydrogens is 358 g/mol. The SMILES string of the molecule is O=C(C[C@@H](NCCCN1CCOCC1)C(=O)O)Nc1ccc2ccccc2c1. The number of hydrogen-bond donors (Lipinski definition) is 3. The van der Waals surface area contributed by atoms with Gasteiger partial charge in [-0.05, 0) is 42.4 Å². The van der Waals surface area contributed by atoms with Gasteiger partial charge in [-0.15, -0.1) is 0 Å². The summed E-state index contributed by atoms with van der Waals surface area (Å²) >= 11 is 0. The molecule has 0 unspecified atom stereocenters. The Balaban J connectivity index is 1.45. The number of benzene rings is 2. The molecule has 3 N–H and O–H groups in total. The molecule has 28 heavy (non-hydrogen) atoms.